The largest absolute Gasteiger partial charge is 0.462 e. The van der Waals surface area contributed by atoms with Crippen LogP contribution in [0.4, 0.5) is 0 Å². The van der Waals surface area contributed by atoms with Crippen molar-refractivity contribution in [3.63, 3.8) is 0 Å². The average molecular weight is 352 g/mol. The number of hydrogen-bond acceptors (Lipinski definition) is 3. The van der Waals surface area contributed by atoms with Crippen LogP contribution in [0.5, 0.6) is 0 Å². The molecular formula is C22H24O2S. The SMILES string of the molecule is CCOC(=O)c1ccc(C=Cc2cccc(CC(S)=C(C)C)c2)cc1. The summed E-state index contributed by atoms with van der Waals surface area (Å²) in [5.74, 6) is -0.285. The number of esters is 1. The normalized spacial score (nSPS) is 10.7. The Morgan fingerprint density at radius 3 is 2.36 bits per heavy atom. The van der Waals surface area contributed by atoms with Crippen molar-refractivity contribution >= 4 is 30.8 Å². The molecule has 0 bridgehead atoms. The molecule has 0 fully saturated rings. The summed E-state index contributed by atoms with van der Waals surface area (Å²) in [4.78, 5) is 12.8. The molecule has 0 atom stereocenters. The number of benzene rings is 2. The van der Waals surface area contributed by atoms with Gasteiger partial charge in [0.2, 0.25) is 0 Å². The van der Waals surface area contributed by atoms with Gasteiger partial charge in [-0.2, -0.15) is 0 Å². The molecule has 2 rings (SSSR count). The molecule has 2 aromatic rings. The van der Waals surface area contributed by atoms with E-state index in [0.717, 1.165) is 22.5 Å². The first-order chi connectivity index (χ1) is 12.0. The van der Waals surface area contributed by atoms with Crippen LogP contribution in [0.3, 0.4) is 0 Å². The second-order valence-electron chi connectivity index (χ2n) is 6.04. The Balaban J connectivity index is 2.09. The van der Waals surface area contributed by atoms with Gasteiger partial charge >= 0.3 is 5.97 Å². The fourth-order valence-electron chi connectivity index (χ4n) is 2.31. The maximum Gasteiger partial charge on any atom is 0.338 e. The van der Waals surface area contributed by atoms with Gasteiger partial charge in [0.25, 0.3) is 0 Å². The van der Waals surface area contributed by atoms with Gasteiger partial charge in [-0.05, 0) is 54.5 Å². The summed E-state index contributed by atoms with van der Waals surface area (Å²) < 4.78 is 4.99. The maximum absolute atomic E-state index is 11.7. The highest BCUT2D eigenvalue weighted by molar-refractivity contribution is 7.84. The molecular weight excluding hydrogens is 328 g/mol. The maximum atomic E-state index is 11.7. The van der Waals surface area contributed by atoms with Gasteiger partial charge in [0.05, 0.1) is 12.2 Å². The predicted octanol–water partition coefficient (Wildman–Crippen LogP) is 5.80. The van der Waals surface area contributed by atoms with E-state index in [1.165, 1.54) is 11.1 Å². The highest BCUT2D eigenvalue weighted by Gasteiger charge is 2.04. The summed E-state index contributed by atoms with van der Waals surface area (Å²) in [6.45, 7) is 6.34. The average Bonchev–Trinajstić information content (AvgIpc) is 2.61. The summed E-state index contributed by atoms with van der Waals surface area (Å²) >= 11 is 4.54. The standard InChI is InChI=1S/C22H24O2S/c1-4-24-22(23)20-12-10-17(11-13-20)8-9-18-6-5-7-19(14-18)15-21(25)16(2)3/h5-14,25H,4,15H2,1-3H3. The van der Waals surface area contributed by atoms with Gasteiger partial charge in [0.15, 0.2) is 0 Å². The molecule has 2 nitrogen and oxygen atoms in total. The van der Waals surface area contributed by atoms with Crippen molar-refractivity contribution in [1.82, 2.24) is 0 Å². The minimum absolute atomic E-state index is 0.285. The van der Waals surface area contributed by atoms with Crippen LogP contribution in [-0.4, -0.2) is 12.6 Å². The summed E-state index contributed by atoms with van der Waals surface area (Å²) in [6, 6.07) is 15.8. The fraction of sp³-hybridized carbons (Fsp3) is 0.227. The minimum Gasteiger partial charge on any atom is -0.462 e. The van der Waals surface area contributed by atoms with Crippen molar-refractivity contribution in [3.8, 4) is 0 Å². The van der Waals surface area contributed by atoms with Gasteiger partial charge in [0, 0.05) is 6.42 Å². The van der Waals surface area contributed by atoms with Crippen molar-refractivity contribution < 1.29 is 9.53 Å². The van der Waals surface area contributed by atoms with Crippen LogP contribution in [0.2, 0.25) is 0 Å². The van der Waals surface area contributed by atoms with E-state index >= 15 is 0 Å². The Hall–Kier alpha value is -2.26. The highest BCUT2D eigenvalue weighted by Crippen LogP contribution is 2.18. The van der Waals surface area contributed by atoms with E-state index in [2.05, 4.69) is 56.8 Å². The van der Waals surface area contributed by atoms with Crippen LogP contribution in [-0.2, 0) is 11.2 Å². The van der Waals surface area contributed by atoms with E-state index in [0.29, 0.717) is 12.2 Å². The monoisotopic (exact) mass is 352 g/mol. The summed E-state index contributed by atoms with van der Waals surface area (Å²) in [6.07, 6.45) is 4.96. The lowest BCUT2D eigenvalue weighted by Crippen LogP contribution is -2.03. The van der Waals surface area contributed by atoms with Gasteiger partial charge in [0.1, 0.15) is 0 Å². The second kappa shape index (κ2) is 9.28. The molecule has 0 aliphatic carbocycles. The number of ether oxygens (including phenoxy) is 1. The van der Waals surface area contributed by atoms with Gasteiger partial charge < -0.3 is 4.74 Å². The number of thiol groups is 1. The molecule has 0 amide bonds. The molecule has 0 saturated carbocycles. The Bertz CT molecular complexity index is 782. The number of rotatable bonds is 6. The lowest BCUT2D eigenvalue weighted by atomic mass is 10.0. The third-order valence-corrected chi connectivity index (χ3v) is 4.40. The molecule has 3 heteroatoms. The molecule has 0 aromatic heterocycles. The van der Waals surface area contributed by atoms with Gasteiger partial charge in [-0.1, -0.05) is 54.1 Å². The van der Waals surface area contributed by atoms with E-state index in [4.69, 9.17) is 4.74 Å². The molecule has 0 radical (unpaired) electrons. The van der Waals surface area contributed by atoms with E-state index in [1.807, 2.05) is 18.2 Å². The van der Waals surface area contributed by atoms with Crippen LogP contribution in [0.15, 0.2) is 59.0 Å². The Morgan fingerprint density at radius 1 is 1.04 bits per heavy atom. The zero-order valence-electron chi connectivity index (χ0n) is 15.0. The number of carbonyl (C=O) groups is 1. The third-order valence-electron chi connectivity index (χ3n) is 3.79. The number of hydrogen-bond donors (Lipinski definition) is 1. The summed E-state index contributed by atoms with van der Waals surface area (Å²) in [5, 5.41) is 0. The molecule has 25 heavy (non-hydrogen) atoms. The molecule has 130 valence electrons. The Morgan fingerprint density at radius 2 is 1.72 bits per heavy atom. The predicted molar refractivity (Wildman–Crippen MR) is 109 cm³/mol. The van der Waals surface area contributed by atoms with Crippen LogP contribution in [0.25, 0.3) is 12.2 Å². The van der Waals surface area contributed by atoms with Crippen LogP contribution >= 0.6 is 12.6 Å². The fourth-order valence-corrected chi connectivity index (χ4v) is 2.50. The number of carbonyl (C=O) groups excluding carboxylic acids is 1. The summed E-state index contributed by atoms with van der Waals surface area (Å²) in [5.41, 5.74) is 5.24. The molecule has 0 N–H and O–H groups in total. The minimum atomic E-state index is -0.285. The molecule has 0 aliphatic heterocycles. The Kier molecular flexibility index (Phi) is 7.08. The van der Waals surface area contributed by atoms with E-state index in [1.54, 1.807) is 19.1 Å². The second-order valence-corrected chi connectivity index (χ2v) is 6.58. The van der Waals surface area contributed by atoms with Crippen LogP contribution < -0.4 is 0 Å². The lowest BCUT2D eigenvalue weighted by molar-refractivity contribution is 0.0526. The smallest absolute Gasteiger partial charge is 0.338 e. The molecule has 2 aromatic carbocycles. The molecule has 0 heterocycles. The van der Waals surface area contributed by atoms with Gasteiger partial charge in [-0.25, -0.2) is 4.79 Å². The zero-order chi connectivity index (χ0) is 18.2. The number of allylic oxidation sites excluding steroid dienone is 2. The molecule has 0 unspecified atom stereocenters. The van der Waals surface area contributed by atoms with E-state index in [-0.39, 0.29) is 5.97 Å². The van der Waals surface area contributed by atoms with Gasteiger partial charge in [-0.3, -0.25) is 0 Å². The van der Waals surface area contributed by atoms with E-state index in [9.17, 15) is 4.79 Å². The summed E-state index contributed by atoms with van der Waals surface area (Å²) in [7, 11) is 0. The zero-order valence-corrected chi connectivity index (χ0v) is 15.8. The third kappa shape index (κ3) is 5.95. The first-order valence-corrected chi connectivity index (χ1v) is 8.84. The van der Waals surface area contributed by atoms with E-state index < -0.39 is 0 Å². The molecule has 0 spiro atoms. The van der Waals surface area contributed by atoms with Crippen LogP contribution in [0.1, 0.15) is 47.8 Å². The van der Waals surface area contributed by atoms with Gasteiger partial charge in [-0.15, -0.1) is 12.6 Å². The van der Waals surface area contributed by atoms with Crippen LogP contribution in [0, 0.1) is 0 Å². The van der Waals surface area contributed by atoms with Crippen molar-refractivity contribution in [2.24, 2.45) is 0 Å². The van der Waals surface area contributed by atoms with Crippen molar-refractivity contribution in [2.75, 3.05) is 6.61 Å². The molecule has 0 aliphatic rings. The topological polar surface area (TPSA) is 26.3 Å². The lowest BCUT2D eigenvalue weighted by Gasteiger charge is -2.05. The van der Waals surface area contributed by atoms with Crippen molar-refractivity contribution in [2.45, 2.75) is 27.2 Å². The van der Waals surface area contributed by atoms with Crippen molar-refractivity contribution in [3.05, 3.63) is 81.3 Å². The first kappa shape index (κ1) is 19.1. The first-order valence-electron chi connectivity index (χ1n) is 8.39. The quantitative estimate of drug-likeness (QED) is 0.404. The molecule has 0 saturated heterocycles. The highest BCUT2D eigenvalue weighted by atomic mass is 32.1. The van der Waals surface area contributed by atoms with Crippen molar-refractivity contribution in [1.29, 1.82) is 0 Å². The Labute approximate surface area is 155 Å².